The first-order valence-electron chi connectivity index (χ1n) is 5.94. The summed E-state index contributed by atoms with van der Waals surface area (Å²) in [5, 5.41) is 0. The maximum atomic E-state index is 11.9. The average Bonchev–Trinajstić information content (AvgIpc) is 2.22. The number of halogens is 3. The molecule has 1 atom stereocenters. The maximum Gasteiger partial charge on any atom is 0.389 e. The lowest BCUT2D eigenvalue weighted by atomic mass is 10.0. The normalized spacial score (nSPS) is 14.7. The number of rotatable bonds is 9. The Balaban J connectivity index is 4.00. The molecule has 0 amide bonds. The molecule has 0 rings (SSSR count). The number of hydrogen-bond acceptors (Lipinski definition) is 3. The van der Waals surface area contributed by atoms with Gasteiger partial charge in [-0.25, -0.2) is 13.1 Å². The maximum absolute atomic E-state index is 11.9. The topological polar surface area (TPSA) is 72.2 Å². The van der Waals surface area contributed by atoms with E-state index >= 15 is 0 Å². The van der Waals surface area contributed by atoms with E-state index in [-0.39, 0.29) is 12.5 Å². The van der Waals surface area contributed by atoms with Crippen molar-refractivity contribution in [1.82, 2.24) is 4.72 Å². The summed E-state index contributed by atoms with van der Waals surface area (Å²) in [5.41, 5.74) is 5.37. The standard InChI is InChI=1S/C10H21F3N2O2S/c1-2-9(4-6-14)8-15-18(16,17)7-3-5-10(11,12)13/h9,15H,2-8,14H2,1H3. The largest absolute Gasteiger partial charge is 0.389 e. The Kier molecular flexibility index (Phi) is 7.81. The second kappa shape index (κ2) is 7.96. The van der Waals surface area contributed by atoms with Crippen molar-refractivity contribution in [2.24, 2.45) is 11.7 Å². The Hall–Kier alpha value is -0.340. The van der Waals surface area contributed by atoms with Crippen LogP contribution in [-0.4, -0.2) is 33.4 Å². The van der Waals surface area contributed by atoms with E-state index in [1.807, 2.05) is 6.92 Å². The van der Waals surface area contributed by atoms with Crippen molar-refractivity contribution in [3.63, 3.8) is 0 Å². The summed E-state index contributed by atoms with van der Waals surface area (Å²) >= 11 is 0. The zero-order valence-corrected chi connectivity index (χ0v) is 11.3. The molecular weight excluding hydrogens is 269 g/mol. The van der Waals surface area contributed by atoms with Crippen LogP contribution < -0.4 is 10.5 Å². The molecule has 0 saturated carbocycles. The Morgan fingerprint density at radius 2 is 1.94 bits per heavy atom. The van der Waals surface area contributed by atoms with Crippen LogP contribution in [0.15, 0.2) is 0 Å². The molecule has 0 heterocycles. The molecule has 1 unspecified atom stereocenters. The van der Waals surface area contributed by atoms with Crippen LogP contribution in [0, 0.1) is 5.92 Å². The van der Waals surface area contributed by atoms with Crippen LogP contribution in [0.2, 0.25) is 0 Å². The SMILES string of the molecule is CCC(CCN)CNS(=O)(=O)CCCC(F)(F)F. The number of nitrogens with two attached hydrogens (primary N) is 1. The van der Waals surface area contributed by atoms with Crippen molar-refractivity contribution in [2.75, 3.05) is 18.8 Å². The van der Waals surface area contributed by atoms with E-state index in [2.05, 4.69) is 4.72 Å². The highest BCUT2D eigenvalue weighted by Crippen LogP contribution is 2.21. The van der Waals surface area contributed by atoms with E-state index in [4.69, 9.17) is 5.73 Å². The van der Waals surface area contributed by atoms with Gasteiger partial charge >= 0.3 is 6.18 Å². The minimum atomic E-state index is -4.30. The average molecular weight is 290 g/mol. The molecule has 0 fully saturated rings. The van der Waals surface area contributed by atoms with Crippen molar-refractivity contribution in [1.29, 1.82) is 0 Å². The van der Waals surface area contributed by atoms with E-state index in [0.717, 1.165) is 6.42 Å². The first-order chi connectivity index (χ1) is 8.20. The predicted molar refractivity (Wildman–Crippen MR) is 64.5 cm³/mol. The zero-order chi connectivity index (χ0) is 14.2. The molecule has 110 valence electrons. The van der Waals surface area contributed by atoms with Gasteiger partial charge in [0.1, 0.15) is 0 Å². The lowest BCUT2D eigenvalue weighted by molar-refractivity contribution is -0.134. The van der Waals surface area contributed by atoms with E-state index < -0.39 is 34.8 Å². The van der Waals surface area contributed by atoms with Gasteiger partial charge in [0.2, 0.25) is 10.0 Å². The number of hydrogen-bond donors (Lipinski definition) is 2. The second-order valence-electron chi connectivity index (χ2n) is 4.24. The Bertz CT molecular complexity index is 318. The first kappa shape index (κ1) is 17.7. The van der Waals surface area contributed by atoms with Crippen LogP contribution >= 0.6 is 0 Å². The summed E-state index contributed by atoms with van der Waals surface area (Å²) < 4.78 is 60.8. The van der Waals surface area contributed by atoms with Crippen molar-refractivity contribution in [2.45, 2.75) is 38.8 Å². The fraction of sp³-hybridized carbons (Fsp3) is 1.00. The summed E-state index contributed by atoms with van der Waals surface area (Å²) in [5.74, 6) is -0.363. The second-order valence-corrected chi connectivity index (χ2v) is 6.16. The molecule has 8 heteroatoms. The van der Waals surface area contributed by atoms with Crippen molar-refractivity contribution >= 4 is 10.0 Å². The van der Waals surface area contributed by atoms with Gasteiger partial charge in [0, 0.05) is 13.0 Å². The van der Waals surface area contributed by atoms with Crippen molar-refractivity contribution < 1.29 is 21.6 Å². The molecule has 0 aromatic carbocycles. The molecule has 4 nitrogen and oxygen atoms in total. The monoisotopic (exact) mass is 290 g/mol. The third kappa shape index (κ3) is 9.67. The summed E-state index contributed by atoms with van der Waals surface area (Å²) in [6.07, 6.45) is -4.31. The van der Waals surface area contributed by atoms with Gasteiger partial charge in [0.05, 0.1) is 5.75 Å². The quantitative estimate of drug-likeness (QED) is 0.678. The molecule has 0 aromatic heterocycles. The summed E-state index contributed by atoms with van der Waals surface area (Å²) in [4.78, 5) is 0. The van der Waals surface area contributed by atoms with Gasteiger partial charge in [0.25, 0.3) is 0 Å². The molecule has 0 aromatic rings. The molecule has 3 N–H and O–H groups in total. The van der Waals surface area contributed by atoms with Crippen LogP contribution in [0.4, 0.5) is 13.2 Å². The molecule has 0 radical (unpaired) electrons. The van der Waals surface area contributed by atoms with E-state index in [1.54, 1.807) is 0 Å². The van der Waals surface area contributed by atoms with Gasteiger partial charge in [-0.15, -0.1) is 0 Å². The molecule has 0 aliphatic heterocycles. The molecule has 0 spiro atoms. The van der Waals surface area contributed by atoms with Crippen LogP contribution in [-0.2, 0) is 10.0 Å². The summed E-state index contributed by atoms with van der Waals surface area (Å²) in [6, 6.07) is 0. The first-order valence-corrected chi connectivity index (χ1v) is 7.59. The molecule has 0 aliphatic carbocycles. The molecule has 0 bridgehead atoms. The highest BCUT2D eigenvalue weighted by molar-refractivity contribution is 7.89. The minimum Gasteiger partial charge on any atom is -0.330 e. The van der Waals surface area contributed by atoms with E-state index in [0.29, 0.717) is 13.0 Å². The Morgan fingerprint density at radius 3 is 2.39 bits per heavy atom. The van der Waals surface area contributed by atoms with Gasteiger partial charge in [-0.05, 0) is 25.3 Å². The van der Waals surface area contributed by atoms with Crippen LogP contribution in [0.5, 0.6) is 0 Å². The van der Waals surface area contributed by atoms with Gasteiger partial charge in [-0.2, -0.15) is 13.2 Å². The highest BCUT2D eigenvalue weighted by atomic mass is 32.2. The fourth-order valence-electron chi connectivity index (χ4n) is 1.47. The molecular formula is C10H21F3N2O2S. The van der Waals surface area contributed by atoms with Crippen LogP contribution in [0.3, 0.4) is 0 Å². The lowest BCUT2D eigenvalue weighted by Crippen LogP contribution is -2.32. The molecule has 18 heavy (non-hydrogen) atoms. The van der Waals surface area contributed by atoms with Gasteiger partial charge in [0.15, 0.2) is 0 Å². The molecule has 0 aliphatic rings. The zero-order valence-electron chi connectivity index (χ0n) is 10.5. The van der Waals surface area contributed by atoms with Crippen LogP contribution in [0.1, 0.15) is 32.6 Å². The van der Waals surface area contributed by atoms with Gasteiger partial charge in [-0.1, -0.05) is 13.3 Å². The van der Waals surface area contributed by atoms with E-state index in [1.165, 1.54) is 0 Å². The van der Waals surface area contributed by atoms with Gasteiger partial charge in [-0.3, -0.25) is 0 Å². The van der Waals surface area contributed by atoms with Crippen molar-refractivity contribution in [3.8, 4) is 0 Å². The van der Waals surface area contributed by atoms with Crippen LogP contribution in [0.25, 0.3) is 0 Å². The third-order valence-corrected chi connectivity index (χ3v) is 4.05. The smallest absolute Gasteiger partial charge is 0.330 e. The fourth-order valence-corrected chi connectivity index (χ4v) is 2.62. The molecule has 0 saturated heterocycles. The minimum absolute atomic E-state index is 0.132. The van der Waals surface area contributed by atoms with E-state index in [9.17, 15) is 21.6 Å². The lowest BCUT2D eigenvalue weighted by Gasteiger charge is -2.15. The van der Waals surface area contributed by atoms with Crippen molar-refractivity contribution in [3.05, 3.63) is 0 Å². The predicted octanol–water partition coefficient (Wildman–Crippen LogP) is 1.62. The Labute approximate surface area is 106 Å². The number of sulfonamides is 1. The summed E-state index contributed by atoms with van der Waals surface area (Å²) in [6.45, 7) is 2.62. The highest BCUT2D eigenvalue weighted by Gasteiger charge is 2.27. The van der Waals surface area contributed by atoms with Gasteiger partial charge < -0.3 is 5.73 Å². The third-order valence-electron chi connectivity index (χ3n) is 2.62. The number of alkyl halides is 3. The summed E-state index contributed by atoms with van der Waals surface area (Å²) in [7, 11) is -3.62. The number of nitrogens with one attached hydrogen (secondary N) is 1. The Morgan fingerprint density at radius 1 is 1.33 bits per heavy atom.